The van der Waals surface area contributed by atoms with Crippen LogP contribution < -0.4 is 0 Å². The second kappa shape index (κ2) is 3.43. The Hall–Kier alpha value is -1.58. The maximum absolute atomic E-state index is 10.7. The number of carboxylic acids is 2. The number of aliphatic carboxylic acids is 2. The quantitative estimate of drug-likeness (QED) is 0.669. The molecule has 1 unspecified atom stereocenters. The second-order valence-electron chi connectivity index (χ2n) is 3.00. The van der Waals surface area contributed by atoms with Gasteiger partial charge in [-0.05, 0) is 13.3 Å². The summed E-state index contributed by atoms with van der Waals surface area (Å²) in [5.74, 6) is -2.70. The highest BCUT2D eigenvalue weighted by molar-refractivity contribution is 5.89. The minimum Gasteiger partial charge on any atom is -0.481 e. The van der Waals surface area contributed by atoms with E-state index in [0.717, 1.165) is 0 Å². The van der Waals surface area contributed by atoms with Crippen molar-refractivity contribution in [3.05, 3.63) is 23.3 Å². The lowest BCUT2D eigenvalue weighted by Crippen LogP contribution is -2.20. The van der Waals surface area contributed by atoms with Crippen molar-refractivity contribution in [3.63, 3.8) is 0 Å². The standard InChI is InChI=1S/C9H10O4/c1-5-2-3-6(8(10)11)4-7(5)9(12)13/h2-3,7H,4H2,1H3,(H,10,11)(H,12,13). The molecule has 0 spiro atoms. The van der Waals surface area contributed by atoms with Crippen molar-refractivity contribution in [1.82, 2.24) is 0 Å². The van der Waals surface area contributed by atoms with Crippen LogP contribution >= 0.6 is 0 Å². The Morgan fingerprint density at radius 1 is 1.38 bits per heavy atom. The predicted molar refractivity (Wildman–Crippen MR) is 45.2 cm³/mol. The molecule has 70 valence electrons. The van der Waals surface area contributed by atoms with Gasteiger partial charge in [-0.3, -0.25) is 4.79 Å². The SMILES string of the molecule is CC1=CC=C(C(=O)O)CC1C(=O)O. The average Bonchev–Trinajstić information content (AvgIpc) is 2.04. The van der Waals surface area contributed by atoms with Gasteiger partial charge in [0.05, 0.1) is 5.92 Å². The van der Waals surface area contributed by atoms with Crippen molar-refractivity contribution in [1.29, 1.82) is 0 Å². The number of carbonyl (C=O) groups is 2. The zero-order valence-electron chi connectivity index (χ0n) is 7.15. The molecule has 4 heteroatoms. The Labute approximate surface area is 75.2 Å². The van der Waals surface area contributed by atoms with E-state index >= 15 is 0 Å². The summed E-state index contributed by atoms with van der Waals surface area (Å²) in [6.07, 6.45) is 3.08. The molecule has 0 aromatic carbocycles. The van der Waals surface area contributed by atoms with Crippen LogP contribution in [0.4, 0.5) is 0 Å². The Bertz CT molecular complexity index is 312. The Balaban J connectivity index is 2.90. The average molecular weight is 182 g/mol. The van der Waals surface area contributed by atoms with Gasteiger partial charge in [-0.25, -0.2) is 4.79 Å². The minimum absolute atomic E-state index is 0.0764. The first-order valence-corrected chi connectivity index (χ1v) is 3.86. The van der Waals surface area contributed by atoms with Gasteiger partial charge in [-0.1, -0.05) is 17.7 Å². The summed E-state index contributed by atoms with van der Waals surface area (Å²) in [7, 11) is 0. The molecule has 13 heavy (non-hydrogen) atoms. The lowest BCUT2D eigenvalue weighted by Gasteiger charge is -2.16. The van der Waals surface area contributed by atoms with Crippen molar-refractivity contribution in [3.8, 4) is 0 Å². The van der Waals surface area contributed by atoms with Gasteiger partial charge in [-0.2, -0.15) is 0 Å². The molecule has 0 aliphatic heterocycles. The normalized spacial score (nSPS) is 21.8. The molecule has 0 fully saturated rings. The molecular formula is C9H10O4. The molecule has 0 saturated carbocycles. The maximum Gasteiger partial charge on any atom is 0.331 e. The summed E-state index contributed by atoms with van der Waals surface area (Å²) < 4.78 is 0. The summed E-state index contributed by atoms with van der Waals surface area (Å²) >= 11 is 0. The van der Waals surface area contributed by atoms with E-state index in [0.29, 0.717) is 5.57 Å². The lowest BCUT2D eigenvalue weighted by molar-refractivity contribution is -0.140. The van der Waals surface area contributed by atoms with Gasteiger partial charge >= 0.3 is 11.9 Å². The van der Waals surface area contributed by atoms with Crippen LogP contribution in [0.2, 0.25) is 0 Å². The van der Waals surface area contributed by atoms with E-state index in [2.05, 4.69) is 0 Å². The van der Waals surface area contributed by atoms with Gasteiger partial charge in [0.25, 0.3) is 0 Å². The van der Waals surface area contributed by atoms with E-state index in [4.69, 9.17) is 10.2 Å². The summed E-state index contributed by atoms with van der Waals surface area (Å²) in [6, 6.07) is 0. The van der Waals surface area contributed by atoms with E-state index in [1.54, 1.807) is 13.0 Å². The van der Waals surface area contributed by atoms with Crippen LogP contribution in [0.5, 0.6) is 0 Å². The fourth-order valence-electron chi connectivity index (χ4n) is 1.24. The van der Waals surface area contributed by atoms with E-state index < -0.39 is 17.9 Å². The monoisotopic (exact) mass is 182 g/mol. The van der Waals surface area contributed by atoms with E-state index in [1.165, 1.54) is 6.08 Å². The molecule has 0 saturated heterocycles. The molecule has 2 N–H and O–H groups in total. The first-order chi connectivity index (χ1) is 6.02. The Kier molecular flexibility index (Phi) is 2.51. The molecule has 1 rings (SSSR count). The summed E-state index contributed by atoms with van der Waals surface area (Å²) in [5.41, 5.74) is 0.843. The highest BCUT2D eigenvalue weighted by Gasteiger charge is 2.25. The number of rotatable bonds is 2. The highest BCUT2D eigenvalue weighted by Crippen LogP contribution is 2.25. The zero-order chi connectivity index (χ0) is 10.0. The summed E-state index contributed by atoms with van der Waals surface area (Å²) in [4.78, 5) is 21.2. The number of carboxylic acid groups (broad SMARTS) is 2. The molecule has 0 bridgehead atoms. The van der Waals surface area contributed by atoms with Gasteiger partial charge in [0.15, 0.2) is 0 Å². The van der Waals surface area contributed by atoms with Crippen molar-refractivity contribution in [2.24, 2.45) is 5.92 Å². The maximum atomic E-state index is 10.7. The third kappa shape index (κ3) is 1.96. The Morgan fingerprint density at radius 2 is 2.00 bits per heavy atom. The fourth-order valence-corrected chi connectivity index (χ4v) is 1.24. The Morgan fingerprint density at radius 3 is 2.46 bits per heavy atom. The molecule has 4 nitrogen and oxygen atoms in total. The van der Waals surface area contributed by atoms with Crippen LogP contribution in [0.1, 0.15) is 13.3 Å². The third-order valence-electron chi connectivity index (χ3n) is 2.09. The van der Waals surface area contributed by atoms with E-state index in [1.807, 2.05) is 0 Å². The molecule has 1 aliphatic carbocycles. The van der Waals surface area contributed by atoms with Crippen molar-refractivity contribution >= 4 is 11.9 Å². The lowest BCUT2D eigenvalue weighted by atomic mass is 9.88. The molecule has 0 amide bonds. The molecule has 0 heterocycles. The van der Waals surface area contributed by atoms with E-state index in [-0.39, 0.29) is 12.0 Å². The van der Waals surface area contributed by atoms with Crippen LogP contribution in [0, 0.1) is 5.92 Å². The largest absolute Gasteiger partial charge is 0.481 e. The van der Waals surface area contributed by atoms with Gasteiger partial charge < -0.3 is 10.2 Å². The van der Waals surface area contributed by atoms with Crippen LogP contribution in [-0.4, -0.2) is 22.2 Å². The van der Waals surface area contributed by atoms with Gasteiger partial charge in [0, 0.05) is 5.57 Å². The van der Waals surface area contributed by atoms with Crippen LogP contribution in [0.25, 0.3) is 0 Å². The number of hydrogen-bond acceptors (Lipinski definition) is 2. The number of hydrogen-bond donors (Lipinski definition) is 2. The predicted octanol–water partition coefficient (Wildman–Crippen LogP) is 1.05. The van der Waals surface area contributed by atoms with Crippen LogP contribution in [-0.2, 0) is 9.59 Å². The molecule has 0 radical (unpaired) electrons. The highest BCUT2D eigenvalue weighted by atomic mass is 16.4. The molecule has 1 aliphatic rings. The topological polar surface area (TPSA) is 74.6 Å². The molecule has 1 atom stereocenters. The van der Waals surface area contributed by atoms with Crippen molar-refractivity contribution in [2.45, 2.75) is 13.3 Å². The van der Waals surface area contributed by atoms with Crippen LogP contribution in [0.3, 0.4) is 0 Å². The smallest absolute Gasteiger partial charge is 0.331 e. The molecule has 0 aromatic heterocycles. The molecular weight excluding hydrogens is 172 g/mol. The third-order valence-corrected chi connectivity index (χ3v) is 2.09. The van der Waals surface area contributed by atoms with Crippen LogP contribution in [0.15, 0.2) is 23.3 Å². The van der Waals surface area contributed by atoms with Crippen molar-refractivity contribution in [2.75, 3.05) is 0 Å². The van der Waals surface area contributed by atoms with Crippen molar-refractivity contribution < 1.29 is 19.8 Å². The van der Waals surface area contributed by atoms with Gasteiger partial charge in [0.1, 0.15) is 0 Å². The van der Waals surface area contributed by atoms with Gasteiger partial charge in [-0.15, -0.1) is 0 Å². The fraction of sp³-hybridized carbons (Fsp3) is 0.333. The number of allylic oxidation sites excluding steroid dienone is 2. The molecule has 0 aromatic rings. The van der Waals surface area contributed by atoms with Gasteiger partial charge in [0.2, 0.25) is 0 Å². The summed E-state index contributed by atoms with van der Waals surface area (Å²) in [5, 5.41) is 17.4. The van der Waals surface area contributed by atoms with E-state index in [9.17, 15) is 9.59 Å². The minimum atomic E-state index is -1.05. The summed E-state index contributed by atoms with van der Waals surface area (Å²) in [6.45, 7) is 1.69. The zero-order valence-corrected chi connectivity index (χ0v) is 7.15. The first kappa shape index (κ1) is 9.51. The first-order valence-electron chi connectivity index (χ1n) is 3.86. The second-order valence-corrected chi connectivity index (χ2v) is 3.00.